The molecule has 0 aliphatic carbocycles. The second-order valence-corrected chi connectivity index (χ2v) is 10.4. The fraction of sp³-hybridized carbons (Fsp3) is 0.346. The predicted molar refractivity (Wildman–Crippen MR) is 145 cm³/mol. The maximum Gasteiger partial charge on any atom is 0.271 e. The lowest BCUT2D eigenvalue weighted by Gasteiger charge is -2.29. The van der Waals surface area contributed by atoms with Crippen molar-refractivity contribution in [3.05, 3.63) is 77.1 Å². The zero-order chi connectivity index (χ0) is 26.1. The summed E-state index contributed by atoms with van der Waals surface area (Å²) in [7, 11) is 5.35. The van der Waals surface area contributed by atoms with E-state index in [2.05, 4.69) is 15.9 Å². The largest absolute Gasteiger partial charge is 0.496 e. The molecule has 0 bridgehead atoms. The normalized spacial score (nSPS) is 15.5. The molecule has 1 aliphatic rings. The SMILES string of the molecule is CCN(CC)C(=O)C1=C(C)N=c2s/c(=C/c3cc(Br)c(N(C)C)o3)c(=O)n2[C@@H]1c1ccccc1OC. The van der Waals surface area contributed by atoms with Crippen molar-refractivity contribution in [2.45, 2.75) is 26.8 Å². The maximum atomic E-state index is 13.8. The molecule has 1 aromatic carbocycles. The summed E-state index contributed by atoms with van der Waals surface area (Å²) in [6, 6.07) is 8.63. The Hall–Kier alpha value is -3.11. The third-order valence-electron chi connectivity index (χ3n) is 6.10. The van der Waals surface area contributed by atoms with Crippen molar-refractivity contribution in [1.29, 1.82) is 0 Å². The van der Waals surface area contributed by atoms with Crippen LogP contribution in [0.25, 0.3) is 6.08 Å². The zero-order valence-corrected chi connectivity index (χ0v) is 23.6. The summed E-state index contributed by atoms with van der Waals surface area (Å²) in [5.41, 5.74) is 1.54. The number of thiazole rings is 1. The van der Waals surface area contributed by atoms with Gasteiger partial charge in [0.2, 0.25) is 5.88 Å². The third-order valence-corrected chi connectivity index (χ3v) is 7.65. The highest BCUT2D eigenvalue weighted by Gasteiger charge is 2.35. The summed E-state index contributed by atoms with van der Waals surface area (Å²) < 4.78 is 14.4. The second-order valence-electron chi connectivity index (χ2n) is 8.50. The quantitative estimate of drug-likeness (QED) is 0.432. The molecule has 10 heteroatoms. The van der Waals surface area contributed by atoms with Crippen LogP contribution < -0.4 is 24.5 Å². The smallest absolute Gasteiger partial charge is 0.271 e. The van der Waals surface area contributed by atoms with Crippen molar-refractivity contribution in [2.75, 3.05) is 39.2 Å². The third kappa shape index (κ3) is 4.55. The Bertz CT molecular complexity index is 1510. The highest BCUT2D eigenvalue weighted by atomic mass is 79.9. The average molecular weight is 574 g/mol. The molecule has 0 unspecified atom stereocenters. The van der Waals surface area contributed by atoms with Gasteiger partial charge in [-0.1, -0.05) is 29.5 Å². The van der Waals surface area contributed by atoms with Gasteiger partial charge in [-0.25, -0.2) is 4.99 Å². The van der Waals surface area contributed by atoms with Gasteiger partial charge in [0.15, 0.2) is 4.80 Å². The monoisotopic (exact) mass is 572 g/mol. The van der Waals surface area contributed by atoms with Crippen LogP contribution in [-0.4, -0.2) is 49.7 Å². The summed E-state index contributed by atoms with van der Waals surface area (Å²) in [4.78, 5) is 36.4. The van der Waals surface area contributed by atoms with Crippen molar-refractivity contribution in [3.8, 4) is 5.75 Å². The lowest BCUT2D eigenvalue weighted by atomic mass is 9.94. The van der Waals surface area contributed by atoms with E-state index in [1.807, 2.05) is 70.1 Å². The lowest BCUT2D eigenvalue weighted by Crippen LogP contribution is -2.43. The number of carbonyl (C=O) groups is 1. The number of allylic oxidation sites excluding steroid dienone is 1. The number of furan rings is 1. The molecular weight excluding hydrogens is 544 g/mol. The number of rotatable bonds is 7. The van der Waals surface area contributed by atoms with Crippen molar-refractivity contribution >= 4 is 45.1 Å². The minimum absolute atomic E-state index is 0.142. The minimum Gasteiger partial charge on any atom is -0.496 e. The fourth-order valence-electron chi connectivity index (χ4n) is 4.34. The number of hydrogen-bond donors (Lipinski definition) is 0. The van der Waals surface area contributed by atoms with Gasteiger partial charge >= 0.3 is 0 Å². The number of ether oxygens (including phenoxy) is 1. The Balaban J connectivity index is 1.98. The maximum absolute atomic E-state index is 13.8. The molecule has 1 amide bonds. The summed E-state index contributed by atoms with van der Waals surface area (Å²) in [6.07, 6.45) is 1.71. The predicted octanol–water partition coefficient (Wildman–Crippen LogP) is 3.53. The average Bonchev–Trinajstić information content (AvgIpc) is 3.37. The number of hydrogen-bond acceptors (Lipinski definition) is 7. The topological polar surface area (TPSA) is 80.3 Å². The number of carbonyl (C=O) groups excluding carboxylic acids is 1. The van der Waals surface area contributed by atoms with Gasteiger partial charge in [-0.3, -0.25) is 14.2 Å². The van der Waals surface area contributed by atoms with Crippen molar-refractivity contribution in [2.24, 2.45) is 4.99 Å². The van der Waals surface area contributed by atoms with Crippen LogP contribution in [0.2, 0.25) is 0 Å². The van der Waals surface area contributed by atoms with Gasteiger partial charge in [0.05, 0.1) is 27.4 Å². The number of amides is 1. The number of anilines is 1. The van der Waals surface area contributed by atoms with Crippen LogP contribution in [-0.2, 0) is 4.79 Å². The lowest BCUT2D eigenvalue weighted by molar-refractivity contribution is -0.127. The number of fused-ring (bicyclic) bond motifs is 1. The van der Waals surface area contributed by atoms with Crippen molar-refractivity contribution in [3.63, 3.8) is 0 Å². The molecule has 36 heavy (non-hydrogen) atoms. The van der Waals surface area contributed by atoms with E-state index in [4.69, 9.17) is 14.1 Å². The molecule has 0 N–H and O–H groups in total. The van der Waals surface area contributed by atoms with Gasteiger partial charge in [0, 0.05) is 44.9 Å². The van der Waals surface area contributed by atoms with Gasteiger partial charge in [-0.05, 0) is 42.8 Å². The van der Waals surface area contributed by atoms with Gasteiger partial charge in [-0.2, -0.15) is 0 Å². The van der Waals surface area contributed by atoms with Crippen LogP contribution in [0.15, 0.2) is 60.3 Å². The van der Waals surface area contributed by atoms with E-state index in [-0.39, 0.29) is 11.5 Å². The molecule has 4 rings (SSSR count). The molecular formula is C26H29BrN4O4S. The number of likely N-dealkylation sites (N-methyl/N-ethyl adjacent to an activating group) is 1. The van der Waals surface area contributed by atoms with Gasteiger partial charge in [0.25, 0.3) is 11.5 Å². The van der Waals surface area contributed by atoms with E-state index in [9.17, 15) is 9.59 Å². The summed E-state index contributed by atoms with van der Waals surface area (Å²) >= 11 is 4.77. The van der Waals surface area contributed by atoms with E-state index in [1.165, 1.54) is 11.3 Å². The van der Waals surface area contributed by atoms with Crippen LogP contribution in [0.5, 0.6) is 5.75 Å². The molecule has 0 fully saturated rings. The van der Waals surface area contributed by atoms with Gasteiger partial charge < -0.3 is 19.0 Å². The molecule has 190 valence electrons. The van der Waals surface area contributed by atoms with E-state index in [0.29, 0.717) is 51.1 Å². The summed E-state index contributed by atoms with van der Waals surface area (Å²) in [6.45, 7) is 6.80. The van der Waals surface area contributed by atoms with Gasteiger partial charge in [-0.15, -0.1) is 0 Å². The Labute approximate surface area is 221 Å². The number of nitrogens with zero attached hydrogens (tertiary/aromatic N) is 4. The Morgan fingerprint density at radius 2 is 1.97 bits per heavy atom. The molecule has 3 heterocycles. The molecule has 1 aliphatic heterocycles. The van der Waals surface area contributed by atoms with Crippen molar-refractivity contribution < 1.29 is 13.9 Å². The first-order valence-corrected chi connectivity index (χ1v) is 13.2. The molecule has 0 radical (unpaired) electrons. The Morgan fingerprint density at radius 1 is 1.28 bits per heavy atom. The molecule has 0 saturated heterocycles. The molecule has 8 nitrogen and oxygen atoms in total. The minimum atomic E-state index is -0.673. The fourth-order valence-corrected chi connectivity index (χ4v) is 6.03. The van der Waals surface area contributed by atoms with E-state index >= 15 is 0 Å². The molecule has 1 atom stereocenters. The number of para-hydroxylation sites is 1. The van der Waals surface area contributed by atoms with Crippen molar-refractivity contribution in [1.82, 2.24) is 9.47 Å². The summed E-state index contributed by atoms with van der Waals surface area (Å²) in [5.74, 6) is 1.66. The first-order valence-electron chi connectivity index (χ1n) is 11.6. The van der Waals surface area contributed by atoms with Gasteiger partial charge in [0.1, 0.15) is 17.6 Å². The van der Waals surface area contributed by atoms with E-state index in [0.717, 1.165) is 10.0 Å². The molecule has 0 saturated carbocycles. The number of benzene rings is 1. The molecule has 2 aromatic heterocycles. The number of aromatic nitrogens is 1. The Morgan fingerprint density at radius 3 is 2.58 bits per heavy atom. The number of halogens is 1. The first kappa shape index (κ1) is 26.0. The Kier molecular flexibility index (Phi) is 7.56. The number of methoxy groups -OCH3 is 1. The second kappa shape index (κ2) is 10.5. The van der Waals surface area contributed by atoms with E-state index in [1.54, 1.807) is 22.7 Å². The van der Waals surface area contributed by atoms with Crippen LogP contribution in [0.4, 0.5) is 5.88 Å². The summed E-state index contributed by atoms with van der Waals surface area (Å²) in [5, 5.41) is 0. The van der Waals surface area contributed by atoms with E-state index < -0.39 is 6.04 Å². The highest BCUT2D eigenvalue weighted by molar-refractivity contribution is 9.10. The van der Waals surface area contributed by atoms with Crippen LogP contribution in [0.3, 0.4) is 0 Å². The highest BCUT2D eigenvalue weighted by Crippen LogP contribution is 2.36. The van der Waals surface area contributed by atoms with Crippen LogP contribution >= 0.6 is 27.3 Å². The first-order chi connectivity index (χ1) is 17.2. The van der Waals surface area contributed by atoms with Crippen LogP contribution in [0, 0.1) is 0 Å². The van der Waals surface area contributed by atoms with Crippen LogP contribution in [0.1, 0.15) is 38.1 Å². The molecule has 3 aromatic rings. The zero-order valence-electron chi connectivity index (χ0n) is 21.2. The standard InChI is InChI=1S/C26H29BrN4O4S/c1-7-30(8-2)24(33)21-15(3)28-26-31(22(21)17-11-9-10-12-19(17)34-6)23(32)20(36-26)14-16-13-18(27)25(35-16)29(4)5/h9-14,22H,7-8H2,1-6H3/b20-14+/t22-/m1/s1. The molecule has 0 spiro atoms.